The molecule has 0 aliphatic rings. The van der Waals surface area contributed by atoms with Gasteiger partial charge in [0.25, 0.3) is 0 Å². The lowest BCUT2D eigenvalue weighted by Crippen LogP contribution is -2.37. The Hall–Kier alpha value is -1.09. The van der Waals surface area contributed by atoms with Gasteiger partial charge in [-0.05, 0) is 30.4 Å². The summed E-state index contributed by atoms with van der Waals surface area (Å²) in [7, 11) is 1.79. The van der Waals surface area contributed by atoms with Crippen LogP contribution < -0.4 is 10.6 Å². The van der Waals surface area contributed by atoms with Crippen molar-refractivity contribution in [1.29, 1.82) is 0 Å². The Morgan fingerprint density at radius 2 is 2.29 bits per heavy atom. The standard InChI is InChI=1S/C14H21N5S.HI/c1-12-9-18-19(11-12)7-4-6-16-14(15-2)17-10-13-5-3-8-20-13;/h3,5,8-9,11H,4,6-7,10H2,1-2H3,(H2,15,16,17);1H. The van der Waals surface area contributed by atoms with Gasteiger partial charge in [-0.25, -0.2) is 0 Å². The highest BCUT2D eigenvalue weighted by molar-refractivity contribution is 14.0. The second kappa shape index (κ2) is 9.78. The third-order valence-electron chi connectivity index (χ3n) is 2.85. The first-order valence-corrected chi connectivity index (χ1v) is 7.62. The van der Waals surface area contributed by atoms with Crippen LogP contribution in [0.2, 0.25) is 0 Å². The molecule has 2 N–H and O–H groups in total. The lowest BCUT2D eigenvalue weighted by molar-refractivity contribution is 0.570. The van der Waals surface area contributed by atoms with Crippen molar-refractivity contribution < 1.29 is 0 Å². The van der Waals surface area contributed by atoms with E-state index in [0.717, 1.165) is 32.0 Å². The molecule has 2 aromatic heterocycles. The van der Waals surface area contributed by atoms with Crippen molar-refractivity contribution >= 4 is 41.3 Å². The minimum atomic E-state index is 0. The molecule has 0 unspecified atom stereocenters. The molecule has 0 aromatic carbocycles. The molecular weight excluding hydrogens is 397 g/mol. The van der Waals surface area contributed by atoms with Crippen molar-refractivity contribution in [3.8, 4) is 0 Å². The van der Waals surface area contributed by atoms with Gasteiger partial charge in [0.05, 0.1) is 12.7 Å². The molecule has 21 heavy (non-hydrogen) atoms. The predicted molar refractivity (Wildman–Crippen MR) is 99.5 cm³/mol. The number of guanidine groups is 1. The largest absolute Gasteiger partial charge is 0.356 e. The Balaban J connectivity index is 0.00000220. The smallest absolute Gasteiger partial charge is 0.191 e. The normalized spacial score (nSPS) is 11.0. The number of aromatic nitrogens is 2. The van der Waals surface area contributed by atoms with Crippen LogP contribution in [0.4, 0.5) is 0 Å². The van der Waals surface area contributed by atoms with Gasteiger partial charge >= 0.3 is 0 Å². The Morgan fingerprint density at radius 3 is 2.90 bits per heavy atom. The zero-order valence-corrected chi connectivity index (χ0v) is 15.5. The molecule has 116 valence electrons. The van der Waals surface area contributed by atoms with Crippen molar-refractivity contribution in [3.05, 3.63) is 40.3 Å². The number of hydrogen-bond donors (Lipinski definition) is 2. The molecule has 0 aliphatic heterocycles. The van der Waals surface area contributed by atoms with Crippen molar-refractivity contribution in [2.45, 2.75) is 26.4 Å². The summed E-state index contributed by atoms with van der Waals surface area (Å²) in [6.07, 6.45) is 4.96. The first-order chi connectivity index (χ1) is 9.78. The summed E-state index contributed by atoms with van der Waals surface area (Å²) in [5.41, 5.74) is 1.20. The van der Waals surface area contributed by atoms with Gasteiger partial charge in [-0.3, -0.25) is 9.67 Å². The highest BCUT2D eigenvalue weighted by atomic mass is 127. The topological polar surface area (TPSA) is 54.2 Å². The van der Waals surface area contributed by atoms with Gasteiger partial charge in [0.15, 0.2) is 5.96 Å². The van der Waals surface area contributed by atoms with E-state index in [9.17, 15) is 0 Å². The van der Waals surface area contributed by atoms with Crippen LogP contribution in [0.15, 0.2) is 34.9 Å². The molecule has 2 heterocycles. The maximum atomic E-state index is 4.27. The quantitative estimate of drug-likeness (QED) is 0.328. The number of aliphatic imine (C=N–C) groups is 1. The molecule has 2 rings (SSSR count). The van der Waals surface area contributed by atoms with E-state index in [4.69, 9.17) is 0 Å². The van der Waals surface area contributed by atoms with Crippen molar-refractivity contribution in [2.75, 3.05) is 13.6 Å². The molecule has 0 radical (unpaired) electrons. The molecule has 0 saturated heterocycles. The Kier molecular flexibility index (Phi) is 8.36. The zero-order chi connectivity index (χ0) is 14.2. The average Bonchev–Trinajstić information content (AvgIpc) is 3.09. The van der Waals surface area contributed by atoms with Crippen LogP contribution in [0, 0.1) is 6.92 Å². The van der Waals surface area contributed by atoms with Crippen molar-refractivity contribution in [1.82, 2.24) is 20.4 Å². The summed E-state index contributed by atoms with van der Waals surface area (Å²) < 4.78 is 1.97. The second-order valence-electron chi connectivity index (χ2n) is 4.57. The number of rotatable bonds is 6. The fourth-order valence-electron chi connectivity index (χ4n) is 1.84. The van der Waals surface area contributed by atoms with E-state index in [1.54, 1.807) is 18.4 Å². The summed E-state index contributed by atoms with van der Waals surface area (Å²) >= 11 is 1.75. The van der Waals surface area contributed by atoms with E-state index in [1.165, 1.54) is 10.4 Å². The van der Waals surface area contributed by atoms with Crippen LogP contribution >= 0.6 is 35.3 Å². The van der Waals surface area contributed by atoms with Gasteiger partial charge in [0.2, 0.25) is 0 Å². The Bertz CT molecular complexity index is 535. The van der Waals surface area contributed by atoms with Crippen LogP contribution in [-0.4, -0.2) is 29.3 Å². The number of nitrogens with zero attached hydrogens (tertiary/aromatic N) is 3. The fraction of sp³-hybridized carbons (Fsp3) is 0.429. The van der Waals surface area contributed by atoms with E-state index < -0.39 is 0 Å². The highest BCUT2D eigenvalue weighted by Gasteiger charge is 1.99. The van der Waals surface area contributed by atoms with Crippen molar-refractivity contribution in [3.63, 3.8) is 0 Å². The minimum Gasteiger partial charge on any atom is -0.356 e. The van der Waals surface area contributed by atoms with Crippen LogP contribution in [0.1, 0.15) is 16.9 Å². The molecule has 7 heteroatoms. The van der Waals surface area contributed by atoms with Crippen LogP contribution in [0.3, 0.4) is 0 Å². The van der Waals surface area contributed by atoms with Gasteiger partial charge in [0, 0.05) is 31.2 Å². The molecule has 2 aromatic rings. The molecule has 0 bridgehead atoms. The third kappa shape index (κ3) is 6.47. The summed E-state index contributed by atoms with van der Waals surface area (Å²) in [4.78, 5) is 5.52. The van der Waals surface area contributed by atoms with Gasteiger partial charge in [-0.1, -0.05) is 6.07 Å². The van der Waals surface area contributed by atoms with Crippen LogP contribution in [0.25, 0.3) is 0 Å². The first-order valence-electron chi connectivity index (χ1n) is 6.74. The van der Waals surface area contributed by atoms with Crippen LogP contribution in [-0.2, 0) is 13.1 Å². The number of nitrogens with one attached hydrogen (secondary N) is 2. The molecule has 0 saturated carbocycles. The fourth-order valence-corrected chi connectivity index (χ4v) is 2.49. The Labute approximate surface area is 146 Å². The maximum absolute atomic E-state index is 4.27. The maximum Gasteiger partial charge on any atom is 0.191 e. The zero-order valence-electron chi connectivity index (χ0n) is 12.4. The van der Waals surface area contributed by atoms with E-state index in [-0.39, 0.29) is 24.0 Å². The average molecular weight is 419 g/mol. The first kappa shape index (κ1) is 18.0. The molecule has 0 amide bonds. The number of hydrogen-bond acceptors (Lipinski definition) is 3. The molecule has 0 spiro atoms. The molecule has 5 nitrogen and oxygen atoms in total. The summed E-state index contributed by atoms with van der Waals surface area (Å²) in [6.45, 7) is 4.67. The number of thiophene rings is 1. The molecular formula is C14H22IN5S. The van der Waals surface area contributed by atoms with E-state index >= 15 is 0 Å². The summed E-state index contributed by atoms with van der Waals surface area (Å²) in [5.74, 6) is 0.843. The monoisotopic (exact) mass is 419 g/mol. The minimum absolute atomic E-state index is 0. The highest BCUT2D eigenvalue weighted by Crippen LogP contribution is 2.07. The van der Waals surface area contributed by atoms with Crippen molar-refractivity contribution in [2.24, 2.45) is 4.99 Å². The lowest BCUT2D eigenvalue weighted by Gasteiger charge is -2.11. The van der Waals surface area contributed by atoms with Gasteiger partial charge < -0.3 is 10.6 Å². The van der Waals surface area contributed by atoms with Crippen LogP contribution in [0.5, 0.6) is 0 Å². The second-order valence-corrected chi connectivity index (χ2v) is 5.60. The molecule has 0 atom stereocenters. The van der Waals surface area contributed by atoms with E-state index in [0.29, 0.717) is 0 Å². The van der Waals surface area contributed by atoms with Gasteiger partial charge in [-0.15, -0.1) is 35.3 Å². The lowest BCUT2D eigenvalue weighted by atomic mass is 10.4. The van der Waals surface area contributed by atoms with E-state index in [2.05, 4.69) is 51.4 Å². The summed E-state index contributed by atoms with van der Waals surface area (Å²) in [6, 6.07) is 4.18. The third-order valence-corrected chi connectivity index (χ3v) is 3.73. The van der Waals surface area contributed by atoms with E-state index in [1.807, 2.05) is 10.9 Å². The summed E-state index contributed by atoms with van der Waals surface area (Å²) in [5, 5.41) is 13.0. The number of aryl methyl sites for hydroxylation is 2. The molecule has 0 fully saturated rings. The van der Waals surface area contributed by atoms with Gasteiger partial charge in [-0.2, -0.15) is 5.10 Å². The Morgan fingerprint density at radius 1 is 1.43 bits per heavy atom. The number of halogens is 1. The SMILES string of the molecule is CN=C(NCCCn1cc(C)cn1)NCc1cccs1.I. The predicted octanol–water partition coefficient (Wildman–Crippen LogP) is 2.63. The van der Waals surface area contributed by atoms with Gasteiger partial charge in [0.1, 0.15) is 0 Å². The molecule has 0 aliphatic carbocycles.